The van der Waals surface area contributed by atoms with E-state index in [0.717, 1.165) is 24.2 Å². The summed E-state index contributed by atoms with van der Waals surface area (Å²) in [5.41, 5.74) is 0.301. The fraction of sp³-hybridized carbons (Fsp3) is 0.588. The van der Waals surface area contributed by atoms with Crippen molar-refractivity contribution in [3.05, 3.63) is 29.6 Å². The van der Waals surface area contributed by atoms with Crippen molar-refractivity contribution in [3.8, 4) is 0 Å². The molecule has 22 heavy (non-hydrogen) atoms. The highest BCUT2D eigenvalue weighted by Crippen LogP contribution is 2.58. The number of carboxylic acid groups (broad SMARTS) is 1. The van der Waals surface area contributed by atoms with Crippen LogP contribution in [0.25, 0.3) is 0 Å². The number of nitrogens with zero attached hydrogens (tertiary/aromatic N) is 1. The van der Waals surface area contributed by atoms with E-state index in [-0.39, 0.29) is 17.6 Å². The van der Waals surface area contributed by atoms with E-state index in [1.807, 2.05) is 0 Å². The van der Waals surface area contributed by atoms with Crippen LogP contribution in [0.5, 0.6) is 0 Å². The highest BCUT2D eigenvalue weighted by Gasteiger charge is 2.54. The number of amides is 1. The maximum atomic E-state index is 12.4. The molecule has 5 nitrogen and oxygen atoms in total. The van der Waals surface area contributed by atoms with Crippen LogP contribution in [-0.2, 0) is 0 Å². The fourth-order valence-corrected chi connectivity index (χ4v) is 5.17. The Labute approximate surface area is 129 Å². The number of carboxylic acids is 1. The molecule has 1 aromatic heterocycles. The molecular formula is C17H20N2O3. The van der Waals surface area contributed by atoms with Gasteiger partial charge >= 0.3 is 5.97 Å². The van der Waals surface area contributed by atoms with Gasteiger partial charge in [0.15, 0.2) is 0 Å². The van der Waals surface area contributed by atoms with Crippen molar-refractivity contribution in [2.24, 2.45) is 23.7 Å². The van der Waals surface area contributed by atoms with Crippen molar-refractivity contribution >= 4 is 11.9 Å². The molecule has 0 aliphatic heterocycles. The zero-order valence-electron chi connectivity index (χ0n) is 12.4. The second kappa shape index (κ2) is 5.07. The van der Waals surface area contributed by atoms with Gasteiger partial charge < -0.3 is 10.4 Å². The van der Waals surface area contributed by atoms with Gasteiger partial charge in [-0.05, 0) is 61.5 Å². The van der Waals surface area contributed by atoms with E-state index in [0.29, 0.717) is 11.5 Å². The molecule has 3 fully saturated rings. The first kappa shape index (κ1) is 13.7. The van der Waals surface area contributed by atoms with Crippen LogP contribution in [0.15, 0.2) is 18.3 Å². The van der Waals surface area contributed by atoms with Gasteiger partial charge in [-0.1, -0.05) is 6.42 Å². The zero-order chi connectivity index (χ0) is 15.3. The van der Waals surface area contributed by atoms with E-state index in [9.17, 15) is 9.59 Å². The van der Waals surface area contributed by atoms with Crippen molar-refractivity contribution < 1.29 is 14.7 Å². The maximum absolute atomic E-state index is 12.4. The average Bonchev–Trinajstić information content (AvgIpc) is 3.19. The van der Waals surface area contributed by atoms with Gasteiger partial charge in [-0.2, -0.15) is 0 Å². The predicted octanol–water partition coefficient (Wildman–Crippen LogP) is 2.33. The molecule has 2 bridgehead atoms. The lowest BCUT2D eigenvalue weighted by molar-refractivity contribution is 0.0690. The number of pyridine rings is 1. The molecule has 3 saturated carbocycles. The number of hydrogen-bond acceptors (Lipinski definition) is 3. The Bertz CT molecular complexity index is 630. The average molecular weight is 300 g/mol. The molecule has 1 aromatic rings. The monoisotopic (exact) mass is 300 g/mol. The number of aromatic nitrogens is 1. The lowest BCUT2D eigenvalue weighted by Gasteiger charge is -2.32. The number of fused-ring (bicyclic) bond motifs is 5. The molecular weight excluding hydrogens is 280 g/mol. The molecule has 5 heteroatoms. The van der Waals surface area contributed by atoms with E-state index < -0.39 is 5.97 Å². The molecule has 0 aromatic carbocycles. The summed E-state index contributed by atoms with van der Waals surface area (Å²) in [6.07, 6.45) is 7.77. The highest BCUT2D eigenvalue weighted by atomic mass is 16.4. The topological polar surface area (TPSA) is 79.3 Å². The molecule has 5 unspecified atom stereocenters. The van der Waals surface area contributed by atoms with Gasteiger partial charge in [-0.25, -0.2) is 9.78 Å². The maximum Gasteiger partial charge on any atom is 0.354 e. The SMILES string of the molecule is O=C(NC1CC2CC1C1CCCC21)c1ccnc(C(=O)O)c1. The quantitative estimate of drug-likeness (QED) is 0.898. The van der Waals surface area contributed by atoms with Gasteiger partial charge in [0.2, 0.25) is 0 Å². The lowest BCUT2D eigenvalue weighted by Crippen LogP contribution is -2.42. The molecule has 4 rings (SSSR count). The molecule has 1 heterocycles. The van der Waals surface area contributed by atoms with Gasteiger partial charge in [-0.15, -0.1) is 0 Å². The molecule has 0 radical (unpaired) electrons. The number of aromatic carboxylic acids is 1. The first-order chi connectivity index (χ1) is 10.6. The van der Waals surface area contributed by atoms with Crippen LogP contribution in [-0.4, -0.2) is 28.0 Å². The van der Waals surface area contributed by atoms with Crippen LogP contribution >= 0.6 is 0 Å². The van der Waals surface area contributed by atoms with E-state index in [4.69, 9.17) is 5.11 Å². The largest absolute Gasteiger partial charge is 0.477 e. The van der Waals surface area contributed by atoms with Crippen LogP contribution < -0.4 is 5.32 Å². The predicted molar refractivity (Wildman–Crippen MR) is 79.5 cm³/mol. The summed E-state index contributed by atoms with van der Waals surface area (Å²) in [4.78, 5) is 27.1. The molecule has 1 amide bonds. The summed E-state index contributed by atoms with van der Waals surface area (Å²) in [6.45, 7) is 0. The number of rotatable bonds is 3. The Morgan fingerprint density at radius 2 is 2.00 bits per heavy atom. The Morgan fingerprint density at radius 3 is 2.82 bits per heavy atom. The number of carbonyl (C=O) groups excluding carboxylic acids is 1. The summed E-state index contributed by atoms with van der Waals surface area (Å²) < 4.78 is 0. The number of nitrogens with one attached hydrogen (secondary N) is 1. The number of hydrogen-bond donors (Lipinski definition) is 2. The van der Waals surface area contributed by atoms with E-state index in [1.54, 1.807) is 6.07 Å². The van der Waals surface area contributed by atoms with Crippen LogP contribution in [0.2, 0.25) is 0 Å². The normalized spacial score (nSPS) is 35.4. The summed E-state index contributed by atoms with van der Waals surface area (Å²) in [6, 6.07) is 3.19. The van der Waals surface area contributed by atoms with Crippen molar-refractivity contribution in [1.29, 1.82) is 0 Å². The molecule has 5 atom stereocenters. The minimum atomic E-state index is -1.11. The Morgan fingerprint density at radius 1 is 1.18 bits per heavy atom. The summed E-state index contributed by atoms with van der Waals surface area (Å²) in [7, 11) is 0. The van der Waals surface area contributed by atoms with Crippen molar-refractivity contribution in [3.63, 3.8) is 0 Å². The smallest absolute Gasteiger partial charge is 0.354 e. The Balaban J connectivity index is 1.47. The van der Waals surface area contributed by atoms with E-state index in [2.05, 4.69) is 10.3 Å². The van der Waals surface area contributed by atoms with Crippen LogP contribution in [0.4, 0.5) is 0 Å². The standard InChI is InChI=1S/C17H20N2O3/c20-16(9-4-5-18-15(7-9)17(21)22)19-14-8-10-6-13(14)12-3-1-2-11(10)12/h4-5,7,10-14H,1-3,6,8H2,(H,19,20)(H,21,22). The second-order valence-electron chi connectivity index (χ2n) is 6.97. The molecule has 0 saturated heterocycles. The van der Waals surface area contributed by atoms with Gasteiger partial charge in [0.05, 0.1) is 0 Å². The molecule has 3 aliphatic carbocycles. The summed E-state index contributed by atoms with van der Waals surface area (Å²) in [5.74, 6) is 1.84. The van der Waals surface area contributed by atoms with Crippen molar-refractivity contribution in [2.45, 2.75) is 38.1 Å². The first-order valence-corrected chi connectivity index (χ1v) is 8.13. The summed E-state index contributed by atoms with van der Waals surface area (Å²) in [5, 5.41) is 12.1. The molecule has 2 N–H and O–H groups in total. The fourth-order valence-electron chi connectivity index (χ4n) is 5.17. The zero-order valence-corrected chi connectivity index (χ0v) is 12.4. The molecule has 0 spiro atoms. The summed E-state index contributed by atoms with van der Waals surface area (Å²) >= 11 is 0. The lowest BCUT2D eigenvalue weighted by atomic mass is 9.79. The van der Waals surface area contributed by atoms with Crippen LogP contribution in [0.1, 0.15) is 53.0 Å². The Hall–Kier alpha value is -1.91. The third-order valence-corrected chi connectivity index (χ3v) is 5.99. The van der Waals surface area contributed by atoms with Gasteiger partial charge in [0.1, 0.15) is 5.69 Å². The molecule has 3 aliphatic rings. The van der Waals surface area contributed by atoms with Crippen molar-refractivity contribution in [2.75, 3.05) is 0 Å². The second-order valence-corrected chi connectivity index (χ2v) is 6.97. The van der Waals surface area contributed by atoms with Gasteiger partial charge in [0, 0.05) is 17.8 Å². The van der Waals surface area contributed by atoms with E-state index in [1.165, 1.54) is 37.9 Å². The minimum absolute atomic E-state index is 0.0866. The van der Waals surface area contributed by atoms with Crippen LogP contribution in [0.3, 0.4) is 0 Å². The third-order valence-electron chi connectivity index (χ3n) is 5.99. The molecule has 116 valence electrons. The van der Waals surface area contributed by atoms with Gasteiger partial charge in [0.25, 0.3) is 5.91 Å². The first-order valence-electron chi connectivity index (χ1n) is 8.13. The van der Waals surface area contributed by atoms with Crippen LogP contribution in [0, 0.1) is 23.7 Å². The third kappa shape index (κ3) is 2.11. The van der Waals surface area contributed by atoms with E-state index >= 15 is 0 Å². The highest BCUT2D eigenvalue weighted by molar-refractivity contribution is 5.96. The van der Waals surface area contributed by atoms with Crippen molar-refractivity contribution in [1.82, 2.24) is 10.3 Å². The number of carbonyl (C=O) groups is 2. The Kier molecular flexibility index (Phi) is 3.17. The van der Waals surface area contributed by atoms with Gasteiger partial charge in [-0.3, -0.25) is 4.79 Å². The minimum Gasteiger partial charge on any atom is -0.477 e.